The fourth-order valence-electron chi connectivity index (χ4n) is 1.55. The van der Waals surface area contributed by atoms with Gasteiger partial charge in [-0.15, -0.1) is 11.3 Å². The molecule has 140 valence electrons. The number of nitrogens with one attached hydrogen (secondary N) is 2. The van der Waals surface area contributed by atoms with Gasteiger partial charge in [0.15, 0.2) is 11.1 Å². The van der Waals surface area contributed by atoms with Crippen LogP contribution in [-0.4, -0.2) is 29.7 Å². The number of nitriles is 1. The Morgan fingerprint density at radius 2 is 2.12 bits per heavy atom. The maximum Gasteiger partial charge on any atom is 0.294 e. The molecule has 26 heavy (non-hydrogen) atoms. The number of thiazole rings is 1. The van der Waals surface area contributed by atoms with Crippen molar-refractivity contribution in [3.8, 4) is 6.07 Å². The highest BCUT2D eigenvalue weighted by Crippen LogP contribution is 2.19. The first-order chi connectivity index (χ1) is 12.2. The average molecular weight is 414 g/mol. The van der Waals surface area contributed by atoms with Crippen LogP contribution in [0.5, 0.6) is 0 Å². The van der Waals surface area contributed by atoms with Crippen LogP contribution in [0.25, 0.3) is 0 Å². The standard InChI is InChI=1S/C8H11N5S2.C7H8O3S/c9-2-1-3-14-4-6-5-15-8(12-6)13-7(10)11;1-6-2-4-7(5-3-6)11(8,9)10/h5H,1,3-4H2,(H4,10,11,12,13);2-5H,1H3,(H,8,9,10). The van der Waals surface area contributed by atoms with E-state index in [0.29, 0.717) is 11.6 Å². The number of hydrogen-bond donors (Lipinski definition) is 4. The van der Waals surface area contributed by atoms with Crippen molar-refractivity contribution in [1.82, 2.24) is 4.98 Å². The summed E-state index contributed by atoms with van der Waals surface area (Å²) >= 11 is 3.09. The number of nitrogens with zero attached hydrogens (tertiary/aromatic N) is 2. The van der Waals surface area contributed by atoms with E-state index in [4.69, 9.17) is 21.0 Å². The molecule has 0 radical (unpaired) electrons. The van der Waals surface area contributed by atoms with Crippen molar-refractivity contribution in [2.24, 2.45) is 5.73 Å². The Morgan fingerprint density at radius 3 is 2.65 bits per heavy atom. The van der Waals surface area contributed by atoms with Crippen LogP contribution in [-0.2, 0) is 15.9 Å². The summed E-state index contributed by atoms with van der Waals surface area (Å²) in [6, 6.07) is 8.08. The second kappa shape index (κ2) is 10.8. The highest BCUT2D eigenvalue weighted by molar-refractivity contribution is 7.98. The minimum Gasteiger partial charge on any atom is -0.370 e. The van der Waals surface area contributed by atoms with Crippen LogP contribution in [0.3, 0.4) is 0 Å². The first kappa shape index (κ1) is 21.9. The largest absolute Gasteiger partial charge is 0.370 e. The van der Waals surface area contributed by atoms with Gasteiger partial charge in [0, 0.05) is 23.3 Å². The maximum absolute atomic E-state index is 10.5. The molecule has 0 saturated carbocycles. The van der Waals surface area contributed by atoms with E-state index in [9.17, 15) is 8.42 Å². The third-order valence-electron chi connectivity index (χ3n) is 2.72. The van der Waals surface area contributed by atoms with Crippen LogP contribution >= 0.6 is 23.1 Å². The van der Waals surface area contributed by atoms with Crippen molar-refractivity contribution in [3.05, 3.63) is 40.9 Å². The SMILES string of the molecule is Cc1ccc(S(=O)(=O)O)cc1.N#CCCSCc1csc(NC(=N)N)n1. The van der Waals surface area contributed by atoms with Gasteiger partial charge in [0.05, 0.1) is 16.7 Å². The molecule has 0 aliphatic rings. The van der Waals surface area contributed by atoms with Crippen molar-refractivity contribution in [1.29, 1.82) is 10.7 Å². The van der Waals surface area contributed by atoms with E-state index >= 15 is 0 Å². The number of rotatable bonds is 6. The van der Waals surface area contributed by atoms with Crippen LogP contribution in [0.15, 0.2) is 34.5 Å². The Kier molecular flexibility index (Phi) is 9.08. The quantitative estimate of drug-likeness (QED) is 0.244. The summed E-state index contributed by atoms with van der Waals surface area (Å²) in [5, 5.41) is 20.6. The van der Waals surface area contributed by atoms with E-state index in [1.165, 1.54) is 23.5 Å². The number of thioether (sulfide) groups is 1. The number of guanidine groups is 1. The molecule has 0 amide bonds. The van der Waals surface area contributed by atoms with E-state index in [-0.39, 0.29) is 10.9 Å². The third-order valence-corrected chi connectivity index (χ3v) is 5.39. The zero-order chi connectivity index (χ0) is 19.6. The van der Waals surface area contributed by atoms with Gasteiger partial charge in [-0.05, 0) is 19.1 Å². The summed E-state index contributed by atoms with van der Waals surface area (Å²) in [5.74, 6) is 1.51. The normalized spacial score (nSPS) is 10.3. The molecule has 5 N–H and O–H groups in total. The zero-order valence-corrected chi connectivity index (χ0v) is 16.4. The first-order valence-electron chi connectivity index (χ1n) is 7.26. The Labute approximate surface area is 160 Å². The summed E-state index contributed by atoms with van der Waals surface area (Å²) < 4.78 is 29.6. The van der Waals surface area contributed by atoms with Crippen LogP contribution in [0, 0.1) is 23.7 Å². The Bertz CT molecular complexity index is 857. The Balaban J connectivity index is 0.000000273. The van der Waals surface area contributed by atoms with Crippen molar-refractivity contribution in [2.75, 3.05) is 11.1 Å². The smallest absolute Gasteiger partial charge is 0.294 e. The molecule has 1 heterocycles. The van der Waals surface area contributed by atoms with Gasteiger partial charge >= 0.3 is 0 Å². The van der Waals surface area contributed by atoms with Crippen LogP contribution in [0.2, 0.25) is 0 Å². The predicted octanol–water partition coefficient (Wildman–Crippen LogP) is 2.84. The molecule has 11 heteroatoms. The molecule has 0 saturated heterocycles. The monoisotopic (exact) mass is 413 g/mol. The van der Waals surface area contributed by atoms with E-state index in [2.05, 4.69) is 16.4 Å². The van der Waals surface area contributed by atoms with Gasteiger partial charge in [0.1, 0.15) is 0 Å². The molecule has 0 aliphatic heterocycles. The molecule has 0 fully saturated rings. The first-order valence-corrected chi connectivity index (χ1v) is 10.7. The van der Waals surface area contributed by atoms with Crippen molar-refractivity contribution < 1.29 is 13.0 Å². The molecule has 0 bridgehead atoms. The van der Waals surface area contributed by atoms with Crippen molar-refractivity contribution in [2.45, 2.75) is 24.0 Å². The number of nitrogens with two attached hydrogens (primary N) is 1. The summed E-state index contributed by atoms with van der Waals surface area (Å²) in [6.07, 6.45) is 0.563. The fourth-order valence-corrected chi connectivity index (χ4v) is 3.60. The summed E-state index contributed by atoms with van der Waals surface area (Å²) in [6.45, 7) is 1.84. The van der Waals surface area contributed by atoms with Crippen molar-refractivity contribution in [3.63, 3.8) is 0 Å². The summed E-state index contributed by atoms with van der Waals surface area (Å²) in [7, 11) is -4.02. The molecular formula is C15H19N5O3S3. The van der Waals surface area contributed by atoms with Crippen LogP contribution in [0.1, 0.15) is 17.7 Å². The van der Waals surface area contributed by atoms with Gasteiger partial charge in [-0.3, -0.25) is 9.96 Å². The molecule has 2 aromatic rings. The molecule has 0 spiro atoms. The van der Waals surface area contributed by atoms with Crippen LogP contribution < -0.4 is 11.1 Å². The molecule has 0 aliphatic carbocycles. The predicted molar refractivity (Wildman–Crippen MR) is 105 cm³/mol. The molecule has 1 aromatic carbocycles. The van der Waals surface area contributed by atoms with Crippen molar-refractivity contribution >= 4 is 44.3 Å². The molecule has 0 atom stereocenters. The molecule has 1 aromatic heterocycles. The molecular weight excluding hydrogens is 394 g/mol. The number of benzene rings is 1. The minimum absolute atomic E-state index is 0.0666. The summed E-state index contributed by atoms with van der Waals surface area (Å²) in [4.78, 5) is 4.16. The highest BCUT2D eigenvalue weighted by atomic mass is 32.2. The van der Waals surface area contributed by atoms with Gasteiger partial charge in [0.25, 0.3) is 10.1 Å². The third kappa shape index (κ3) is 8.82. The van der Waals surface area contributed by atoms with Gasteiger partial charge in [-0.1, -0.05) is 17.7 Å². The molecule has 8 nitrogen and oxygen atoms in total. The van der Waals surface area contributed by atoms with Gasteiger partial charge in [0.2, 0.25) is 0 Å². The highest BCUT2D eigenvalue weighted by Gasteiger charge is 2.06. The van der Waals surface area contributed by atoms with E-state index < -0.39 is 10.1 Å². The lowest BCUT2D eigenvalue weighted by atomic mass is 10.2. The number of aromatic nitrogens is 1. The lowest BCUT2D eigenvalue weighted by molar-refractivity contribution is 0.483. The minimum atomic E-state index is -4.02. The number of hydrogen-bond acceptors (Lipinski definition) is 7. The fraction of sp³-hybridized carbons (Fsp3) is 0.267. The van der Waals surface area contributed by atoms with Crippen LogP contribution in [0.4, 0.5) is 5.13 Å². The van der Waals surface area contributed by atoms with E-state index in [1.807, 2.05) is 12.3 Å². The number of anilines is 1. The van der Waals surface area contributed by atoms with Gasteiger partial charge in [-0.2, -0.15) is 25.4 Å². The topological polar surface area (TPSA) is 153 Å². The average Bonchev–Trinajstić information content (AvgIpc) is 2.98. The lowest BCUT2D eigenvalue weighted by Gasteiger charge is -1.96. The summed E-state index contributed by atoms with van der Waals surface area (Å²) in [5.41, 5.74) is 7.08. The zero-order valence-electron chi connectivity index (χ0n) is 14.0. The van der Waals surface area contributed by atoms with E-state index in [1.54, 1.807) is 23.9 Å². The van der Waals surface area contributed by atoms with E-state index in [0.717, 1.165) is 22.8 Å². The second-order valence-corrected chi connectivity index (χ2v) is 8.32. The van der Waals surface area contributed by atoms with Gasteiger partial charge in [-0.25, -0.2) is 4.98 Å². The number of aryl methyl sites for hydroxylation is 1. The van der Waals surface area contributed by atoms with Gasteiger partial charge < -0.3 is 11.1 Å². The Morgan fingerprint density at radius 1 is 1.46 bits per heavy atom. The molecule has 2 rings (SSSR count). The molecule has 0 unspecified atom stereocenters. The second-order valence-electron chi connectivity index (χ2n) is 4.93. The lowest BCUT2D eigenvalue weighted by Crippen LogP contribution is -2.20. The Hall–Kier alpha value is -2.13. The maximum atomic E-state index is 10.5.